The normalized spacial score (nSPS) is 24.7. The van der Waals surface area contributed by atoms with Crippen LogP contribution in [0, 0.1) is 5.92 Å². The minimum atomic E-state index is -3.21. The lowest BCUT2D eigenvalue weighted by molar-refractivity contribution is 0.334. The van der Waals surface area contributed by atoms with Gasteiger partial charge in [-0.05, 0) is 29.7 Å². The van der Waals surface area contributed by atoms with Crippen molar-refractivity contribution in [1.29, 1.82) is 0 Å². The molecule has 2 aromatic carbocycles. The largest absolute Gasteiger partial charge is 0.303 e. The van der Waals surface area contributed by atoms with E-state index in [4.69, 9.17) is 0 Å². The van der Waals surface area contributed by atoms with Gasteiger partial charge in [-0.15, -0.1) is 0 Å². The predicted octanol–water partition coefficient (Wildman–Crippen LogP) is 3.45. The lowest BCUT2D eigenvalue weighted by Crippen LogP contribution is -2.21. The average molecular weight is 333 g/mol. The first-order chi connectivity index (χ1) is 11.0. The van der Waals surface area contributed by atoms with Crippen LogP contribution >= 0.6 is 0 Å². The molecule has 3 nitrogen and oxygen atoms in total. The van der Waals surface area contributed by atoms with E-state index in [2.05, 4.69) is 5.32 Å². The zero-order chi connectivity index (χ0) is 16.4. The van der Waals surface area contributed by atoms with E-state index in [1.807, 2.05) is 30.3 Å². The summed E-state index contributed by atoms with van der Waals surface area (Å²) in [5.74, 6) is -0.107. The van der Waals surface area contributed by atoms with Crippen LogP contribution in [0.2, 0.25) is 0 Å². The van der Waals surface area contributed by atoms with E-state index in [9.17, 15) is 12.8 Å². The molecule has 0 spiro atoms. The maximum Gasteiger partial charge on any atom is 0.175 e. The summed E-state index contributed by atoms with van der Waals surface area (Å²) in [7, 11) is -3.21. The Hall–Kier alpha value is -1.72. The number of alkyl halides is 1. The Morgan fingerprint density at radius 3 is 2.26 bits per heavy atom. The van der Waals surface area contributed by atoms with Crippen molar-refractivity contribution in [3.63, 3.8) is 0 Å². The maximum atomic E-state index is 13.5. The highest BCUT2D eigenvalue weighted by Crippen LogP contribution is 2.39. The molecule has 1 aliphatic heterocycles. The number of hydrogen-bond acceptors (Lipinski definition) is 3. The van der Waals surface area contributed by atoms with Crippen LogP contribution < -0.4 is 5.32 Å². The van der Waals surface area contributed by atoms with Crippen molar-refractivity contribution >= 4 is 9.84 Å². The van der Waals surface area contributed by atoms with Gasteiger partial charge in [0.1, 0.15) is 0 Å². The Morgan fingerprint density at radius 1 is 1.04 bits per heavy atom. The molecule has 3 atom stereocenters. The van der Waals surface area contributed by atoms with Crippen LogP contribution in [-0.4, -0.2) is 21.3 Å². The summed E-state index contributed by atoms with van der Waals surface area (Å²) in [5.41, 5.74) is 2.08. The van der Waals surface area contributed by atoms with Crippen LogP contribution in [0.25, 0.3) is 0 Å². The first-order valence-corrected chi connectivity index (χ1v) is 9.55. The van der Waals surface area contributed by atoms with Gasteiger partial charge >= 0.3 is 0 Å². The van der Waals surface area contributed by atoms with Crippen LogP contribution in [0.15, 0.2) is 59.5 Å². The number of nitrogens with one attached hydrogen (secondary N) is 1. The highest BCUT2D eigenvalue weighted by atomic mass is 32.2. The fraction of sp³-hybridized carbons (Fsp3) is 0.333. The number of benzene rings is 2. The third-order valence-corrected chi connectivity index (χ3v) is 5.59. The van der Waals surface area contributed by atoms with Gasteiger partial charge in [0.15, 0.2) is 9.84 Å². The molecule has 5 heteroatoms. The second-order valence-corrected chi connectivity index (χ2v) is 8.11. The van der Waals surface area contributed by atoms with E-state index in [1.165, 1.54) is 6.26 Å². The molecule has 1 unspecified atom stereocenters. The first-order valence-electron chi connectivity index (χ1n) is 7.66. The molecule has 0 bridgehead atoms. The first kappa shape index (κ1) is 16.1. The van der Waals surface area contributed by atoms with E-state index < -0.39 is 16.5 Å². The van der Waals surface area contributed by atoms with Gasteiger partial charge in [0.05, 0.1) is 11.6 Å². The van der Waals surface area contributed by atoms with E-state index in [1.54, 1.807) is 24.3 Å². The Balaban J connectivity index is 1.84. The van der Waals surface area contributed by atoms with Crippen molar-refractivity contribution in [2.75, 3.05) is 12.9 Å². The number of rotatable bonds is 4. The van der Waals surface area contributed by atoms with E-state index in [0.717, 1.165) is 17.5 Å². The summed E-state index contributed by atoms with van der Waals surface area (Å²) < 4.78 is 36.6. The SMILES string of the molecule is CS(=O)(=O)c1ccc([C@@H]2NC(c3ccccc3)C[C@@H]2CF)cc1. The Morgan fingerprint density at radius 2 is 1.70 bits per heavy atom. The average Bonchev–Trinajstić information content (AvgIpc) is 2.99. The van der Waals surface area contributed by atoms with Crippen LogP contribution in [0.5, 0.6) is 0 Å². The second kappa shape index (κ2) is 6.42. The zero-order valence-electron chi connectivity index (χ0n) is 12.9. The fourth-order valence-corrected chi connectivity index (χ4v) is 3.85. The molecule has 0 aromatic heterocycles. The number of sulfone groups is 1. The molecule has 2 aromatic rings. The number of halogens is 1. The van der Waals surface area contributed by atoms with Crippen LogP contribution in [0.4, 0.5) is 4.39 Å². The molecule has 122 valence electrons. The second-order valence-electron chi connectivity index (χ2n) is 6.10. The van der Waals surface area contributed by atoms with Gasteiger partial charge in [-0.25, -0.2) is 8.42 Å². The van der Waals surface area contributed by atoms with Gasteiger partial charge in [-0.3, -0.25) is 4.39 Å². The molecule has 0 saturated carbocycles. The molecule has 0 radical (unpaired) electrons. The van der Waals surface area contributed by atoms with Crippen molar-refractivity contribution in [2.45, 2.75) is 23.4 Å². The summed E-state index contributed by atoms with van der Waals surface area (Å²) in [6.45, 7) is -0.394. The third-order valence-electron chi connectivity index (χ3n) is 4.46. The van der Waals surface area contributed by atoms with Crippen molar-refractivity contribution in [3.05, 3.63) is 65.7 Å². The Kier molecular flexibility index (Phi) is 4.50. The van der Waals surface area contributed by atoms with Gasteiger partial charge in [0.25, 0.3) is 0 Å². The molecule has 0 amide bonds. The van der Waals surface area contributed by atoms with Crippen molar-refractivity contribution in [3.8, 4) is 0 Å². The molecule has 1 heterocycles. The lowest BCUT2D eigenvalue weighted by Gasteiger charge is -2.18. The fourth-order valence-electron chi connectivity index (χ4n) is 3.22. The molecular formula is C18H20FNO2S. The molecule has 1 aliphatic rings. The van der Waals surface area contributed by atoms with Crippen LogP contribution in [0.3, 0.4) is 0 Å². The summed E-state index contributed by atoms with van der Waals surface area (Å²) in [4.78, 5) is 0.288. The van der Waals surface area contributed by atoms with Crippen molar-refractivity contribution < 1.29 is 12.8 Å². The van der Waals surface area contributed by atoms with Gasteiger partial charge in [0, 0.05) is 24.3 Å². The monoisotopic (exact) mass is 333 g/mol. The zero-order valence-corrected chi connectivity index (χ0v) is 13.8. The molecule has 1 saturated heterocycles. The Labute approximate surface area is 136 Å². The third kappa shape index (κ3) is 3.46. The van der Waals surface area contributed by atoms with Crippen LogP contribution in [-0.2, 0) is 9.84 Å². The van der Waals surface area contributed by atoms with Crippen molar-refractivity contribution in [1.82, 2.24) is 5.32 Å². The highest BCUT2D eigenvalue weighted by molar-refractivity contribution is 7.90. The van der Waals surface area contributed by atoms with E-state index >= 15 is 0 Å². The lowest BCUT2D eigenvalue weighted by atomic mass is 9.93. The topological polar surface area (TPSA) is 46.2 Å². The standard InChI is InChI=1S/C18H20FNO2S/c1-23(21,22)16-9-7-14(8-10-16)18-15(12-19)11-17(20-18)13-5-3-2-4-6-13/h2-10,15,17-18,20H,11-12H2,1H3/t15-,17?,18+/m1/s1. The smallest absolute Gasteiger partial charge is 0.175 e. The maximum absolute atomic E-state index is 13.5. The Bertz CT molecular complexity index is 759. The van der Waals surface area contributed by atoms with Gasteiger partial charge in [-0.1, -0.05) is 42.5 Å². The number of hydrogen-bond donors (Lipinski definition) is 1. The van der Waals surface area contributed by atoms with E-state index in [0.29, 0.717) is 0 Å². The molecule has 3 rings (SSSR count). The van der Waals surface area contributed by atoms with Gasteiger partial charge < -0.3 is 5.32 Å². The summed E-state index contributed by atoms with van der Waals surface area (Å²) in [5, 5.41) is 3.49. The summed E-state index contributed by atoms with van der Waals surface area (Å²) in [6, 6.07) is 16.8. The van der Waals surface area contributed by atoms with E-state index in [-0.39, 0.29) is 22.9 Å². The predicted molar refractivity (Wildman–Crippen MR) is 88.7 cm³/mol. The van der Waals surface area contributed by atoms with Crippen molar-refractivity contribution in [2.24, 2.45) is 5.92 Å². The molecule has 0 aliphatic carbocycles. The minimum Gasteiger partial charge on any atom is -0.303 e. The molecule has 1 N–H and O–H groups in total. The van der Waals surface area contributed by atoms with Crippen LogP contribution in [0.1, 0.15) is 29.6 Å². The van der Waals surface area contributed by atoms with Gasteiger partial charge in [0.2, 0.25) is 0 Å². The summed E-state index contributed by atoms with van der Waals surface area (Å²) >= 11 is 0. The minimum absolute atomic E-state index is 0.0983. The quantitative estimate of drug-likeness (QED) is 0.932. The molecule has 1 fully saturated rings. The molecular weight excluding hydrogens is 313 g/mol. The summed E-state index contributed by atoms with van der Waals surface area (Å²) in [6.07, 6.45) is 1.92. The van der Waals surface area contributed by atoms with Gasteiger partial charge in [-0.2, -0.15) is 0 Å². The highest BCUT2D eigenvalue weighted by Gasteiger charge is 2.35. The molecule has 23 heavy (non-hydrogen) atoms.